The maximum absolute atomic E-state index is 13.0. The van der Waals surface area contributed by atoms with Crippen molar-refractivity contribution in [3.63, 3.8) is 0 Å². The van der Waals surface area contributed by atoms with Crippen LogP contribution in [0.2, 0.25) is 0 Å². The van der Waals surface area contributed by atoms with Gasteiger partial charge in [0.2, 0.25) is 0 Å². The predicted molar refractivity (Wildman–Crippen MR) is 376 cm³/mol. The lowest BCUT2D eigenvalue weighted by Crippen LogP contribution is -2.43. The summed E-state index contributed by atoms with van der Waals surface area (Å²) < 4.78 is 5.40. The van der Waals surface area contributed by atoms with E-state index in [0.29, 0.717) is 24.8 Å². The van der Waals surface area contributed by atoms with Crippen molar-refractivity contribution >= 4 is 50.4 Å². The Morgan fingerprint density at radius 2 is 0.723 bits per heavy atom. The van der Waals surface area contributed by atoms with Gasteiger partial charge in [0.15, 0.2) is 0 Å². The van der Waals surface area contributed by atoms with E-state index in [9.17, 15) is 14.4 Å². The molecule has 3 amide bonds. The van der Waals surface area contributed by atoms with E-state index in [1.807, 2.05) is 61.8 Å². The highest BCUT2D eigenvalue weighted by atomic mass is 16.5. The molecule has 0 unspecified atom stereocenters. The molecule has 0 spiro atoms. The quantitative estimate of drug-likeness (QED) is 0.0572. The van der Waals surface area contributed by atoms with Crippen molar-refractivity contribution in [1.29, 1.82) is 0 Å². The van der Waals surface area contributed by atoms with E-state index >= 15 is 0 Å². The van der Waals surface area contributed by atoms with E-state index in [-0.39, 0.29) is 29.8 Å². The van der Waals surface area contributed by atoms with Crippen LogP contribution >= 0.6 is 0 Å². The number of amides is 3. The number of hydrogen-bond acceptors (Lipinski definition) is 11. The summed E-state index contributed by atoms with van der Waals surface area (Å²) >= 11 is 0. The molecular weight excluding hydrogens is 1170 g/mol. The molecule has 3 aromatic carbocycles. The molecule has 0 atom stereocenters. The maximum Gasteiger partial charge on any atom is 0.253 e. The molecule has 5 saturated heterocycles. The van der Waals surface area contributed by atoms with Gasteiger partial charge in [0.25, 0.3) is 17.7 Å². The SMILES string of the molecule is CN1CCC(NC(=O)c2c[nH]c3ccc(-c4cncc(CN5CCCCC5)c4)cc23)CC1.O=C(NC1CCCCC1)c1c[nH]c2ccc(-c3cncc(CN4CCCCC4)c3)cc12.O=C(NC1CCOCC1)c1c[nH]c2ccc(-c3cncc(CN4CCCCC4)c3)cc12. The van der Waals surface area contributed by atoms with Crippen LogP contribution in [0.25, 0.3) is 66.1 Å². The van der Waals surface area contributed by atoms with Crippen molar-refractivity contribution in [2.24, 2.45) is 0 Å². The standard InChI is InChI=1S/C26H33N5O.C26H32N4O.C25H30N4O2/c1-30-11-7-22(8-12-30)29-26(32)24-17-28-25-6-5-20(14-23(24)25)21-13-19(15-27-16-21)18-31-9-3-2-4-10-31;31-26(29-22-7-3-1-4-8-22)24-17-28-25-10-9-20(14-23(24)25)21-13-19(15-27-16-21)18-30-11-5-2-6-12-30;30-25(28-21-6-10-31-11-7-21)23-16-27-24-5-4-19(13-22(23)24)20-12-18(14-26-15-20)17-29-8-2-1-3-9-29/h5-6,13-17,22,28H,2-4,7-12,18H2,1H3,(H,29,32);9-10,13-17,22,28H,1-8,11-12,18H2,(H,29,31);4-5,12-16,21,27H,1-3,6-11,17H2,(H,28,30). The number of likely N-dealkylation sites (tertiary alicyclic amines) is 4. The van der Waals surface area contributed by atoms with Crippen LogP contribution in [0.1, 0.15) is 163 Å². The Bertz CT molecular complexity index is 3810. The molecule has 6 fully saturated rings. The van der Waals surface area contributed by atoms with Gasteiger partial charge in [-0.2, -0.15) is 0 Å². The smallest absolute Gasteiger partial charge is 0.253 e. The number of hydrogen-bond donors (Lipinski definition) is 6. The van der Waals surface area contributed by atoms with Gasteiger partial charge in [-0.3, -0.25) is 44.0 Å². The molecule has 11 heterocycles. The molecule has 0 bridgehead atoms. The first-order valence-corrected chi connectivity index (χ1v) is 35.2. The molecule has 94 heavy (non-hydrogen) atoms. The highest BCUT2D eigenvalue weighted by Crippen LogP contribution is 2.32. The van der Waals surface area contributed by atoms with Crippen molar-refractivity contribution in [1.82, 2.24) is 65.5 Å². The lowest BCUT2D eigenvalue weighted by molar-refractivity contribution is 0.0696. The number of aromatic amines is 3. The second-order valence-corrected chi connectivity index (χ2v) is 27.4. The van der Waals surface area contributed by atoms with E-state index in [1.54, 1.807) is 0 Å². The molecule has 9 aromatic rings. The van der Waals surface area contributed by atoms with Crippen LogP contribution in [0.4, 0.5) is 0 Å². The van der Waals surface area contributed by atoms with Crippen molar-refractivity contribution in [3.05, 3.63) is 162 Å². The largest absolute Gasteiger partial charge is 0.381 e. The fourth-order valence-electron chi connectivity index (χ4n) is 14.8. The topological polar surface area (TPSA) is 196 Å². The number of nitrogens with zero attached hydrogens (tertiary/aromatic N) is 7. The Kier molecular flexibility index (Phi) is 21.6. The van der Waals surface area contributed by atoms with Crippen LogP contribution in [0.3, 0.4) is 0 Å². The van der Waals surface area contributed by atoms with E-state index < -0.39 is 0 Å². The summed E-state index contributed by atoms with van der Waals surface area (Å²) in [6, 6.07) is 26.3. The third-order valence-corrected chi connectivity index (χ3v) is 20.3. The number of nitrogens with one attached hydrogen (secondary N) is 6. The molecule has 0 radical (unpaired) electrons. The van der Waals surface area contributed by atoms with Crippen LogP contribution in [-0.2, 0) is 24.4 Å². The second-order valence-electron chi connectivity index (χ2n) is 27.4. The molecular formula is C77H95N13O4. The first-order chi connectivity index (χ1) is 46.2. The number of carbonyl (C=O) groups excluding carboxylic acids is 3. The highest BCUT2D eigenvalue weighted by Gasteiger charge is 2.25. The molecule has 6 aromatic heterocycles. The summed E-state index contributed by atoms with van der Waals surface area (Å²) in [4.78, 5) is 72.1. The fraction of sp³-hybridized carbons (Fsp3) is 0.455. The summed E-state index contributed by atoms with van der Waals surface area (Å²) in [6.45, 7) is 13.4. The lowest BCUT2D eigenvalue weighted by atomic mass is 9.95. The maximum atomic E-state index is 13.0. The number of piperidine rings is 4. The van der Waals surface area contributed by atoms with Crippen LogP contribution in [0, 0.1) is 0 Å². The number of H-pyrrole nitrogens is 3. The van der Waals surface area contributed by atoms with E-state index in [1.165, 1.54) is 133 Å². The van der Waals surface area contributed by atoms with Gasteiger partial charge in [-0.1, -0.05) is 56.7 Å². The Morgan fingerprint density at radius 3 is 1.09 bits per heavy atom. The minimum absolute atomic E-state index is 0.0138. The molecule has 17 nitrogen and oxygen atoms in total. The normalized spacial score (nSPS) is 18.5. The van der Waals surface area contributed by atoms with Crippen molar-refractivity contribution in [3.8, 4) is 33.4 Å². The minimum atomic E-state index is -0.0210. The Balaban J connectivity index is 0.000000128. The number of aromatic nitrogens is 6. The molecule has 492 valence electrons. The molecule has 17 heteroatoms. The zero-order valence-corrected chi connectivity index (χ0v) is 55.0. The molecule has 6 N–H and O–H groups in total. The number of benzene rings is 3. The first kappa shape index (κ1) is 64.6. The van der Waals surface area contributed by atoms with Gasteiger partial charge in [-0.15, -0.1) is 0 Å². The fourth-order valence-corrected chi connectivity index (χ4v) is 14.8. The zero-order valence-electron chi connectivity index (χ0n) is 55.0. The van der Waals surface area contributed by atoms with Crippen LogP contribution in [-0.4, -0.2) is 158 Å². The van der Waals surface area contributed by atoms with Gasteiger partial charge < -0.3 is 40.5 Å². The van der Waals surface area contributed by atoms with Crippen molar-refractivity contribution < 1.29 is 19.1 Å². The third-order valence-electron chi connectivity index (χ3n) is 20.3. The van der Waals surface area contributed by atoms with E-state index in [2.05, 4.69) is 139 Å². The number of carbonyl (C=O) groups is 3. The minimum Gasteiger partial charge on any atom is -0.381 e. The third kappa shape index (κ3) is 16.7. The van der Waals surface area contributed by atoms with Crippen molar-refractivity contribution in [2.75, 3.05) is 72.6 Å². The number of ether oxygens (including phenoxy) is 1. The van der Waals surface area contributed by atoms with Crippen molar-refractivity contribution in [2.45, 2.75) is 153 Å². The van der Waals surface area contributed by atoms with Crippen LogP contribution < -0.4 is 16.0 Å². The Labute approximate surface area is 553 Å². The monoisotopic (exact) mass is 1270 g/mol. The summed E-state index contributed by atoms with van der Waals surface area (Å²) in [5, 5.41) is 12.6. The average molecular weight is 1270 g/mol. The number of fused-ring (bicyclic) bond motifs is 3. The lowest BCUT2D eigenvalue weighted by Gasteiger charge is -2.29. The van der Waals surface area contributed by atoms with E-state index in [0.717, 1.165) is 148 Å². The first-order valence-electron chi connectivity index (χ1n) is 35.2. The summed E-state index contributed by atoms with van der Waals surface area (Å²) in [7, 11) is 2.13. The molecule has 6 aliphatic rings. The summed E-state index contributed by atoms with van der Waals surface area (Å²) in [5.74, 6) is 0.0273. The Morgan fingerprint density at radius 1 is 0.394 bits per heavy atom. The molecule has 5 aliphatic heterocycles. The van der Waals surface area contributed by atoms with Crippen LogP contribution in [0.15, 0.2) is 129 Å². The van der Waals surface area contributed by atoms with Gasteiger partial charge in [-0.05, 0) is 224 Å². The second kappa shape index (κ2) is 31.5. The highest BCUT2D eigenvalue weighted by molar-refractivity contribution is 6.09. The van der Waals surface area contributed by atoms with Gasteiger partial charge in [0, 0.05) is 156 Å². The van der Waals surface area contributed by atoms with Gasteiger partial charge in [-0.25, -0.2) is 0 Å². The van der Waals surface area contributed by atoms with E-state index in [4.69, 9.17) is 4.74 Å². The summed E-state index contributed by atoms with van der Waals surface area (Å²) in [6.07, 6.45) is 38.6. The zero-order chi connectivity index (χ0) is 64.0. The summed E-state index contributed by atoms with van der Waals surface area (Å²) in [5.41, 5.74) is 15.4. The average Bonchev–Trinajstić information content (AvgIpc) is 2.17. The predicted octanol–water partition coefficient (Wildman–Crippen LogP) is 13.4. The Hall–Kier alpha value is -8.06. The number of pyridine rings is 3. The van der Waals surface area contributed by atoms with Gasteiger partial charge in [0.1, 0.15) is 0 Å². The van der Waals surface area contributed by atoms with Crippen LogP contribution in [0.5, 0.6) is 0 Å². The number of rotatable bonds is 15. The molecule has 15 rings (SSSR count). The van der Waals surface area contributed by atoms with Gasteiger partial charge >= 0.3 is 0 Å². The van der Waals surface area contributed by atoms with Gasteiger partial charge in [0.05, 0.1) is 16.7 Å². The molecule has 1 aliphatic carbocycles. The molecule has 1 saturated carbocycles.